The highest BCUT2D eigenvalue weighted by molar-refractivity contribution is 5.77. The Hall–Kier alpha value is -4.09. The number of hydrogen-bond acceptors (Lipinski definition) is 10. The van der Waals surface area contributed by atoms with Crippen molar-refractivity contribution in [2.24, 2.45) is 0 Å². The Balaban J connectivity index is 1.16. The van der Waals surface area contributed by atoms with Crippen LogP contribution in [0.1, 0.15) is 13.8 Å². The van der Waals surface area contributed by atoms with Gasteiger partial charge in [0.05, 0.1) is 43.4 Å². The number of nitrogens with zero attached hydrogens (tertiary/aromatic N) is 6. The largest absolute Gasteiger partial charge is 0.495 e. The Morgan fingerprint density at radius 1 is 1.15 bits per heavy atom. The molecule has 0 aliphatic carbocycles. The highest BCUT2D eigenvalue weighted by Gasteiger charge is 2.40. The van der Waals surface area contributed by atoms with Gasteiger partial charge in [-0.25, -0.2) is 15.0 Å². The van der Waals surface area contributed by atoms with Gasteiger partial charge < -0.3 is 34.1 Å². The summed E-state index contributed by atoms with van der Waals surface area (Å²) in [4.78, 5) is 19.0. The third-order valence-corrected chi connectivity index (χ3v) is 7.99. The van der Waals surface area contributed by atoms with Crippen LogP contribution < -0.4 is 25.0 Å². The fourth-order valence-electron chi connectivity index (χ4n) is 5.93. The predicted molar refractivity (Wildman–Crippen MR) is 154 cm³/mol. The molecule has 2 N–H and O–H groups in total. The molecule has 3 aromatic heterocycles. The lowest BCUT2D eigenvalue weighted by Crippen LogP contribution is -2.66. The number of methoxy groups -OCH3 is 1. The standard InChI is InChI=1S/C29H34N8O3/c1-29(2)18-36(9-10-37(29)21-16-39-17-21)24-5-4-20(13-25(24)38-3)33-26-27-31-6-8-35(27)15-23(34-26)19-12-22-28(32-14-19)40-11-7-30-22/h4-6,8,12-15,21,30H,7,9-11,16-18H2,1-3H3,(H,33,34). The molecule has 0 radical (unpaired) electrons. The number of hydrogen-bond donors (Lipinski definition) is 2. The van der Waals surface area contributed by atoms with E-state index in [4.69, 9.17) is 19.2 Å². The lowest BCUT2D eigenvalue weighted by molar-refractivity contribution is -0.100. The van der Waals surface area contributed by atoms with Crippen LogP contribution in [0.25, 0.3) is 16.9 Å². The number of fused-ring (bicyclic) bond motifs is 2. The first-order chi connectivity index (χ1) is 19.5. The molecule has 6 heterocycles. The van der Waals surface area contributed by atoms with Crippen molar-refractivity contribution in [3.05, 3.63) is 49.1 Å². The molecule has 3 aliphatic rings. The molecule has 1 aromatic carbocycles. The summed E-state index contributed by atoms with van der Waals surface area (Å²) in [6.07, 6.45) is 7.44. The number of benzene rings is 1. The molecule has 0 atom stereocenters. The van der Waals surface area contributed by atoms with Crippen molar-refractivity contribution in [1.29, 1.82) is 0 Å². The van der Waals surface area contributed by atoms with Crippen LogP contribution >= 0.6 is 0 Å². The summed E-state index contributed by atoms with van der Waals surface area (Å²) in [6, 6.07) is 8.78. The molecule has 40 heavy (non-hydrogen) atoms. The molecule has 11 heteroatoms. The lowest BCUT2D eigenvalue weighted by Gasteiger charge is -2.53. The van der Waals surface area contributed by atoms with Crippen LogP contribution in [-0.2, 0) is 4.74 Å². The van der Waals surface area contributed by atoms with Gasteiger partial charge in [0.25, 0.3) is 0 Å². The third kappa shape index (κ3) is 4.44. The second-order valence-electron chi connectivity index (χ2n) is 11.1. The number of nitrogens with one attached hydrogen (secondary N) is 2. The second kappa shape index (κ2) is 9.83. The number of rotatable bonds is 6. The Morgan fingerprint density at radius 2 is 2.05 bits per heavy atom. The van der Waals surface area contributed by atoms with Crippen LogP contribution in [0.5, 0.6) is 11.6 Å². The summed E-state index contributed by atoms with van der Waals surface area (Å²) in [5.74, 6) is 2.09. The Labute approximate surface area is 233 Å². The highest BCUT2D eigenvalue weighted by Crippen LogP contribution is 2.37. The summed E-state index contributed by atoms with van der Waals surface area (Å²) < 4.78 is 19.0. The molecule has 7 rings (SSSR count). The molecule has 3 aliphatic heterocycles. The van der Waals surface area contributed by atoms with Crippen molar-refractivity contribution in [2.45, 2.75) is 25.4 Å². The molecule has 0 bridgehead atoms. The summed E-state index contributed by atoms with van der Waals surface area (Å²) in [5, 5.41) is 6.83. The van der Waals surface area contributed by atoms with E-state index in [1.54, 1.807) is 19.5 Å². The second-order valence-corrected chi connectivity index (χ2v) is 11.1. The van der Waals surface area contributed by atoms with Crippen LogP contribution in [0.3, 0.4) is 0 Å². The van der Waals surface area contributed by atoms with E-state index in [0.717, 1.165) is 79.1 Å². The molecular formula is C29H34N8O3. The highest BCUT2D eigenvalue weighted by atomic mass is 16.5. The van der Waals surface area contributed by atoms with Gasteiger partial charge in [0.2, 0.25) is 5.88 Å². The smallest absolute Gasteiger partial charge is 0.237 e. The molecule has 11 nitrogen and oxygen atoms in total. The van der Waals surface area contributed by atoms with Crippen LogP contribution in [0.4, 0.5) is 22.9 Å². The van der Waals surface area contributed by atoms with E-state index < -0.39 is 0 Å². The number of ether oxygens (including phenoxy) is 3. The van der Waals surface area contributed by atoms with Gasteiger partial charge in [-0.05, 0) is 32.0 Å². The van der Waals surface area contributed by atoms with Gasteiger partial charge in [-0.3, -0.25) is 4.90 Å². The molecule has 0 saturated carbocycles. The Morgan fingerprint density at radius 3 is 2.85 bits per heavy atom. The van der Waals surface area contributed by atoms with Crippen molar-refractivity contribution in [3.63, 3.8) is 0 Å². The van der Waals surface area contributed by atoms with Crippen molar-refractivity contribution in [3.8, 4) is 22.9 Å². The van der Waals surface area contributed by atoms with Gasteiger partial charge in [-0.2, -0.15) is 0 Å². The van der Waals surface area contributed by atoms with Crippen molar-refractivity contribution < 1.29 is 14.2 Å². The lowest BCUT2D eigenvalue weighted by atomic mass is 9.95. The zero-order chi connectivity index (χ0) is 27.3. The van der Waals surface area contributed by atoms with Crippen LogP contribution in [-0.4, -0.2) is 88.9 Å². The monoisotopic (exact) mass is 542 g/mol. The van der Waals surface area contributed by atoms with Crippen LogP contribution in [0, 0.1) is 0 Å². The fourth-order valence-corrected chi connectivity index (χ4v) is 5.93. The maximum absolute atomic E-state index is 5.89. The zero-order valence-electron chi connectivity index (χ0n) is 23.1. The summed E-state index contributed by atoms with van der Waals surface area (Å²) >= 11 is 0. The first kappa shape index (κ1) is 24.9. The molecule has 4 aromatic rings. The van der Waals surface area contributed by atoms with Gasteiger partial charge in [-0.1, -0.05) is 0 Å². The molecule has 208 valence electrons. The first-order valence-electron chi connectivity index (χ1n) is 13.7. The number of piperazine rings is 1. The number of aromatic nitrogens is 4. The average molecular weight is 543 g/mol. The quantitative estimate of drug-likeness (QED) is 0.376. The van der Waals surface area contributed by atoms with E-state index in [2.05, 4.69) is 56.4 Å². The number of pyridine rings is 1. The van der Waals surface area contributed by atoms with E-state index in [9.17, 15) is 0 Å². The normalized spacial score (nSPS) is 18.9. The number of imidazole rings is 1. The van der Waals surface area contributed by atoms with Gasteiger partial charge >= 0.3 is 0 Å². The third-order valence-electron chi connectivity index (χ3n) is 7.99. The molecule has 0 amide bonds. The van der Waals surface area contributed by atoms with E-state index in [0.29, 0.717) is 24.3 Å². The first-order valence-corrected chi connectivity index (χ1v) is 13.7. The average Bonchev–Trinajstić information content (AvgIpc) is 3.42. The van der Waals surface area contributed by atoms with Crippen LogP contribution in [0.15, 0.2) is 49.1 Å². The van der Waals surface area contributed by atoms with E-state index >= 15 is 0 Å². The maximum Gasteiger partial charge on any atom is 0.237 e. The summed E-state index contributed by atoms with van der Waals surface area (Å²) in [5.41, 5.74) is 5.27. The van der Waals surface area contributed by atoms with Gasteiger partial charge in [-0.15, -0.1) is 0 Å². The molecule has 0 spiro atoms. The minimum atomic E-state index is 0.0401. The van der Waals surface area contributed by atoms with Crippen LogP contribution in [0.2, 0.25) is 0 Å². The summed E-state index contributed by atoms with van der Waals surface area (Å²) in [6.45, 7) is 10.5. The van der Waals surface area contributed by atoms with Crippen molar-refractivity contribution in [1.82, 2.24) is 24.3 Å². The Bertz CT molecular complexity index is 1550. The fraction of sp³-hybridized carbons (Fsp3) is 0.414. The van der Waals surface area contributed by atoms with E-state index in [1.807, 2.05) is 28.9 Å². The maximum atomic E-state index is 5.89. The topological polar surface area (TPSA) is 101 Å². The van der Waals surface area contributed by atoms with Crippen molar-refractivity contribution in [2.75, 3.05) is 68.6 Å². The van der Waals surface area contributed by atoms with Gasteiger partial charge in [0.1, 0.15) is 12.4 Å². The van der Waals surface area contributed by atoms with E-state index in [1.165, 1.54) is 0 Å². The van der Waals surface area contributed by atoms with Crippen molar-refractivity contribution >= 4 is 28.5 Å². The Kier molecular flexibility index (Phi) is 6.12. The van der Waals surface area contributed by atoms with Gasteiger partial charge in [0, 0.05) is 73.8 Å². The van der Waals surface area contributed by atoms with E-state index in [-0.39, 0.29) is 5.54 Å². The minimum absolute atomic E-state index is 0.0401. The molecular weight excluding hydrogens is 508 g/mol. The number of anilines is 4. The molecule has 2 fully saturated rings. The molecule has 2 saturated heterocycles. The predicted octanol–water partition coefficient (Wildman–Crippen LogP) is 3.65. The zero-order valence-corrected chi connectivity index (χ0v) is 23.1. The summed E-state index contributed by atoms with van der Waals surface area (Å²) in [7, 11) is 1.72. The van der Waals surface area contributed by atoms with Gasteiger partial charge in [0.15, 0.2) is 11.5 Å². The minimum Gasteiger partial charge on any atom is -0.495 e. The SMILES string of the molecule is COc1cc(Nc2nc(-c3cnc4c(c3)NCCO4)cn3ccnc23)ccc1N1CCN(C2COC2)C(C)(C)C1. The molecule has 0 unspecified atom stereocenters.